The van der Waals surface area contributed by atoms with Crippen molar-refractivity contribution in [1.29, 1.82) is 0 Å². The number of benzene rings is 1. The van der Waals surface area contributed by atoms with E-state index in [2.05, 4.69) is 77.4 Å². The van der Waals surface area contributed by atoms with E-state index in [0.29, 0.717) is 0 Å². The molecule has 4 heteroatoms. The first kappa shape index (κ1) is 16.8. The van der Waals surface area contributed by atoms with Crippen molar-refractivity contribution in [2.75, 3.05) is 0 Å². The van der Waals surface area contributed by atoms with Gasteiger partial charge >= 0.3 is 0 Å². The third-order valence-electron chi connectivity index (χ3n) is 5.78. The number of nitrogens with one attached hydrogen (secondary N) is 2. The molecule has 0 saturated heterocycles. The van der Waals surface area contributed by atoms with E-state index in [1.54, 1.807) is 0 Å². The zero-order valence-electron chi connectivity index (χ0n) is 16.2. The number of hydrogen-bond acceptors (Lipinski definition) is 2. The van der Waals surface area contributed by atoms with Gasteiger partial charge in [0.15, 0.2) is 0 Å². The van der Waals surface area contributed by atoms with Crippen molar-refractivity contribution in [3.63, 3.8) is 0 Å². The van der Waals surface area contributed by atoms with E-state index >= 15 is 0 Å². The van der Waals surface area contributed by atoms with Crippen molar-refractivity contribution in [2.24, 2.45) is 0 Å². The van der Waals surface area contributed by atoms with Crippen molar-refractivity contribution >= 4 is 22.1 Å². The van der Waals surface area contributed by atoms with Gasteiger partial charge < -0.3 is 9.97 Å². The first-order valence-electron chi connectivity index (χ1n) is 9.55. The molecule has 0 atom stereocenters. The average Bonchev–Trinajstić information content (AvgIpc) is 3.31. The Labute approximate surface area is 163 Å². The largest absolute Gasteiger partial charge is 0.346 e. The van der Waals surface area contributed by atoms with Crippen molar-refractivity contribution in [1.82, 2.24) is 19.9 Å². The maximum absolute atomic E-state index is 4.50. The van der Waals surface area contributed by atoms with Crippen LogP contribution < -0.4 is 0 Å². The van der Waals surface area contributed by atoms with Gasteiger partial charge in [0, 0.05) is 41.5 Å². The van der Waals surface area contributed by atoms with Crippen LogP contribution in [0.4, 0.5) is 0 Å². The lowest BCUT2D eigenvalue weighted by Crippen LogP contribution is -2.06. The third kappa shape index (κ3) is 2.53. The van der Waals surface area contributed by atoms with Crippen LogP contribution in [-0.2, 0) is 0 Å². The normalized spacial score (nSPS) is 11.7. The first-order valence-corrected chi connectivity index (χ1v) is 9.55. The summed E-state index contributed by atoms with van der Waals surface area (Å²) in [6.07, 6.45) is 7.86. The minimum atomic E-state index is 0.0928. The molecular formula is C24H22N4. The number of aromatic nitrogens is 4. The molecule has 0 spiro atoms. The summed E-state index contributed by atoms with van der Waals surface area (Å²) in [6.45, 7) is 6.56. The summed E-state index contributed by atoms with van der Waals surface area (Å²) in [5.74, 6) is 0.0928. The molecule has 28 heavy (non-hydrogen) atoms. The van der Waals surface area contributed by atoms with E-state index in [9.17, 15) is 0 Å². The van der Waals surface area contributed by atoms with Crippen molar-refractivity contribution in [3.05, 3.63) is 94.6 Å². The Morgan fingerprint density at radius 1 is 0.679 bits per heavy atom. The molecule has 4 heterocycles. The van der Waals surface area contributed by atoms with Gasteiger partial charge in [0.05, 0.1) is 0 Å². The van der Waals surface area contributed by atoms with E-state index in [1.807, 2.05) is 24.5 Å². The number of rotatable bonds is 3. The number of aryl methyl sites for hydroxylation is 3. The van der Waals surface area contributed by atoms with Gasteiger partial charge in [-0.3, -0.25) is 0 Å². The molecule has 0 radical (unpaired) electrons. The van der Waals surface area contributed by atoms with E-state index in [1.165, 1.54) is 33.4 Å². The SMILES string of the molecule is Cc1cc(C)c(C(c2c[nH]c3ncccc23)c2c[nH]c3ncccc23)cc1C. The molecule has 4 aromatic heterocycles. The van der Waals surface area contributed by atoms with Gasteiger partial charge in [-0.15, -0.1) is 0 Å². The molecule has 5 aromatic rings. The molecule has 1 aromatic carbocycles. The summed E-state index contributed by atoms with van der Waals surface area (Å²) < 4.78 is 0. The molecule has 0 amide bonds. The molecule has 5 rings (SSSR count). The summed E-state index contributed by atoms with van der Waals surface area (Å²) >= 11 is 0. The maximum atomic E-state index is 4.50. The lowest BCUT2D eigenvalue weighted by atomic mass is 9.82. The van der Waals surface area contributed by atoms with Crippen LogP contribution in [0.3, 0.4) is 0 Å². The van der Waals surface area contributed by atoms with Crippen LogP contribution in [0, 0.1) is 20.8 Å². The van der Waals surface area contributed by atoms with Gasteiger partial charge in [0.1, 0.15) is 11.3 Å². The Morgan fingerprint density at radius 2 is 1.21 bits per heavy atom. The fourth-order valence-electron chi connectivity index (χ4n) is 4.23. The number of hydrogen-bond donors (Lipinski definition) is 2. The Hall–Kier alpha value is -3.40. The summed E-state index contributed by atoms with van der Waals surface area (Å²) in [7, 11) is 0. The quantitative estimate of drug-likeness (QED) is 0.440. The highest BCUT2D eigenvalue weighted by Gasteiger charge is 2.25. The van der Waals surface area contributed by atoms with Crippen LogP contribution in [0.25, 0.3) is 22.1 Å². The van der Waals surface area contributed by atoms with E-state index in [0.717, 1.165) is 22.1 Å². The Balaban J connectivity index is 1.84. The van der Waals surface area contributed by atoms with Crippen LogP contribution in [0.5, 0.6) is 0 Å². The van der Waals surface area contributed by atoms with Crippen LogP contribution in [0.2, 0.25) is 0 Å². The fraction of sp³-hybridized carbons (Fsp3) is 0.167. The fourth-order valence-corrected chi connectivity index (χ4v) is 4.23. The second kappa shape index (κ2) is 6.34. The van der Waals surface area contributed by atoms with Crippen molar-refractivity contribution in [3.8, 4) is 0 Å². The predicted octanol–water partition coefficient (Wildman–Crippen LogP) is 5.54. The second-order valence-corrected chi connectivity index (χ2v) is 7.51. The molecule has 4 nitrogen and oxygen atoms in total. The molecule has 0 aliphatic heterocycles. The number of nitrogens with zero attached hydrogens (tertiary/aromatic N) is 2. The molecule has 2 N–H and O–H groups in total. The second-order valence-electron chi connectivity index (χ2n) is 7.51. The minimum Gasteiger partial charge on any atom is -0.346 e. The molecule has 0 saturated carbocycles. The predicted molar refractivity (Wildman–Crippen MR) is 114 cm³/mol. The van der Waals surface area contributed by atoms with Gasteiger partial charge in [0.2, 0.25) is 0 Å². The molecule has 0 aliphatic carbocycles. The molecule has 138 valence electrons. The number of H-pyrrole nitrogens is 2. The van der Waals surface area contributed by atoms with Crippen LogP contribution in [0.1, 0.15) is 39.3 Å². The Bertz CT molecular complexity index is 1230. The minimum absolute atomic E-state index is 0.0928. The lowest BCUT2D eigenvalue weighted by molar-refractivity contribution is 0.975. The smallest absolute Gasteiger partial charge is 0.137 e. The standard InChI is InChI=1S/C24H22N4/c1-14-10-16(3)19(11-15(14)2)22(20-12-27-23-17(20)6-4-8-25-23)21-13-28-24-18(21)7-5-9-26-24/h4-13,22H,1-3H3,(H,25,27)(H,26,28). The lowest BCUT2D eigenvalue weighted by Gasteiger charge is -2.21. The zero-order valence-corrected chi connectivity index (χ0v) is 16.2. The van der Waals surface area contributed by atoms with Gasteiger partial charge in [0.25, 0.3) is 0 Å². The van der Waals surface area contributed by atoms with E-state index in [4.69, 9.17) is 0 Å². The highest BCUT2D eigenvalue weighted by Crippen LogP contribution is 2.40. The average molecular weight is 366 g/mol. The van der Waals surface area contributed by atoms with Gasteiger partial charge in [-0.1, -0.05) is 12.1 Å². The summed E-state index contributed by atoms with van der Waals surface area (Å²) in [5, 5.41) is 2.31. The van der Waals surface area contributed by atoms with Crippen LogP contribution in [0.15, 0.2) is 61.2 Å². The molecule has 0 fully saturated rings. The van der Waals surface area contributed by atoms with Crippen LogP contribution >= 0.6 is 0 Å². The Kier molecular flexibility index (Phi) is 3.79. The monoisotopic (exact) mass is 366 g/mol. The van der Waals surface area contributed by atoms with Gasteiger partial charge in [-0.25, -0.2) is 9.97 Å². The van der Waals surface area contributed by atoms with Crippen molar-refractivity contribution in [2.45, 2.75) is 26.7 Å². The number of pyridine rings is 2. The molecule has 0 unspecified atom stereocenters. The molecular weight excluding hydrogens is 344 g/mol. The van der Waals surface area contributed by atoms with Gasteiger partial charge in [-0.05, 0) is 78.4 Å². The molecule has 0 aliphatic rings. The highest BCUT2D eigenvalue weighted by molar-refractivity contribution is 5.86. The highest BCUT2D eigenvalue weighted by atomic mass is 14.8. The first-order chi connectivity index (χ1) is 13.6. The summed E-state index contributed by atoms with van der Waals surface area (Å²) in [5.41, 5.74) is 9.55. The third-order valence-corrected chi connectivity index (χ3v) is 5.78. The molecule has 0 bridgehead atoms. The van der Waals surface area contributed by atoms with Crippen LogP contribution in [-0.4, -0.2) is 19.9 Å². The Morgan fingerprint density at radius 3 is 1.79 bits per heavy atom. The topological polar surface area (TPSA) is 57.4 Å². The number of fused-ring (bicyclic) bond motifs is 2. The zero-order chi connectivity index (χ0) is 19.3. The number of aromatic amines is 2. The van der Waals surface area contributed by atoms with Gasteiger partial charge in [-0.2, -0.15) is 0 Å². The van der Waals surface area contributed by atoms with E-state index in [-0.39, 0.29) is 5.92 Å². The summed E-state index contributed by atoms with van der Waals surface area (Å²) in [4.78, 5) is 15.7. The maximum Gasteiger partial charge on any atom is 0.137 e. The van der Waals surface area contributed by atoms with E-state index < -0.39 is 0 Å². The van der Waals surface area contributed by atoms with Crippen molar-refractivity contribution < 1.29 is 0 Å². The summed E-state index contributed by atoms with van der Waals surface area (Å²) in [6, 6.07) is 12.9.